The van der Waals surface area contributed by atoms with Gasteiger partial charge in [0.25, 0.3) is 0 Å². The molecule has 0 saturated carbocycles. The molecule has 2 aromatic carbocycles. The fourth-order valence-electron chi connectivity index (χ4n) is 4.42. The number of carbonyl (C=O) groups is 2. The minimum atomic E-state index is -0.416. The molecule has 1 aliphatic heterocycles. The van der Waals surface area contributed by atoms with E-state index in [0.29, 0.717) is 17.6 Å². The van der Waals surface area contributed by atoms with Gasteiger partial charge in [0.1, 0.15) is 19.0 Å². The summed E-state index contributed by atoms with van der Waals surface area (Å²) in [7, 11) is 0. The zero-order valence-corrected chi connectivity index (χ0v) is 18.6. The van der Waals surface area contributed by atoms with Gasteiger partial charge in [0.2, 0.25) is 0 Å². The van der Waals surface area contributed by atoms with E-state index >= 15 is 0 Å². The molecule has 1 heterocycles. The van der Waals surface area contributed by atoms with Crippen molar-refractivity contribution in [2.45, 2.75) is 45.4 Å². The molecule has 0 bridgehead atoms. The van der Waals surface area contributed by atoms with Crippen LogP contribution in [-0.2, 0) is 20.7 Å². The molecule has 166 valence electrons. The SMILES string of the molecule is CCc1ccc([C@@H]2C(C(=O)OCCOc3ccccc3)=C(C)NC3=C2C(=O)CCC3)cc1. The monoisotopic (exact) mass is 431 g/mol. The normalized spacial score (nSPS) is 18.2. The Morgan fingerprint density at radius 3 is 2.50 bits per heavy atom. The van der Waals surface area contributed by atoms with Crippen LogP contribution < -0.4 is 10.1 Å². The van der Waals surface area contributed by atoms with Gasteiger partial charge in [0.15, 0.2) is 5.78 Å². The Labute approximate surface area is 189 Å². The molecule has 4 rings (SSSR count). The summed E-state index contributed by atoms with van der Waals surface area (Å²) in [6.07, 6.45) is 3.09. The van der Waals surface area contributed by atoms with Crippen molar-refractivity contribution in [1.82, 2.24) is 5.32 Å². The van der Waals surface area contributed by atoms with Crippen LogP contribution in [0.3, 0.4) is 0 Å². The Morgan fingerprint density at radius 1 is 1.03 bits per heavy atom. The molecule has 2 aliphatic rings. The minimum Gasteiger partial charge on any atom is -0.490 e. The Morgan fingerprint density at radius 2 is 1.78 bits per heavy atom. The van der Waals surface area contributed by atoms with Crippen molar-refractivity contribution >= 4 is 11.8 Å². The number of hydrogen-bond donors (Lipinski definition) is 1. The number of carbonyl (C=O) groups excluding carboxylic acids is 2. The largest absolute Gasteiger partial charge is 0.490 e. The number of para-hydroxylation sites is 1. The second-order valence-corrected chi connectivity index (χ2v) is 8.16. The van der Waals surface area contributed by atoms with Gasteiger partial charge in [-0.05, 0) is 49.4 Å². The maximum atomic E-state index is 13.2. The highest BCUT2D eigenvalue weighted by Gasteiger charge is 2.39. The molecule has 0 radical (unpaired) electrons. The highest BCUT2D eigenvalue weighted by molar-refractivity contribution is 6.03. The van der Waals surface area contributed by atoms with Crippen LogP contribution in [-0.4, -0.2) is 25.0 Å². The summed E-state index contributed by atoms with van der Waals surface area (Å²) in [6.45, 7) is 4.38. The molecule has 0 unspecified atom stereocenters. The molecule has 5 nitrogen and oxygen atoms in total. The number of aryl methyl sites for hydroxylation is 1. The molecule has 2 aromatic rings. The smallest absolute Gasteiger partial charge is 0.336 e. The fourth-order valence-corrected chi connectivity index (χ4v) is 4.42. The van der Waals surface area contributed by atoms with Gasteiger partial charge < -0.3 is 14.8 Å². The van der Waals surface area contributed by atoms with E-state index in [2.05, 4.69) is 24.4 Å². The molecule has 5 heteroatoms. The zero-order chi connectivity index (χ0) is 22.5. The number of rotatable bonds is 7. The first kappa shape index (κ1) is 21.9. The van der Waals surface area contributed by atoms with Crippen LogP contribution in [0, 0.1) is 0 Å². The molecular formula is C27H29NO4. The fraction of sp³-hybridized carbons (Fsp3) is 0.333. The average molecular weight is 432 g/mol. The summed E-state index contributed by atoms with van der Waals surface area (Å²) >= 11 is 0. The van der Waals surface area contributed by atoms with Crippen LogP contribution >= 0.6 is 0 Å². The summed E-state index contributed by atoms with van der Waals surface area (Å²) in [5, 5.41) is 3.32. The third kappa shape index (κ3) is 4.62. The summed E-state index contributed by atoms with van der Waals surface area (Å²) in [5.74, 6) is 0.0111. The summed E-state index contributed by atoms with van der Waals surface area (Å²) in [4.78, 5) is 26.1. The number of ether oxygens (including phenoxy) is 2. The van der Waals surface area contributed by atoms with Gasteiger partial charge in [-0.15, -0.1) is 0 Å². The molecule has 1 aliphatic carbocycles. The molecule has 0 saturated heterocycles. The first-order chi connectivity index (χ1) is 15.6. The lowest BCUT2D eigenvalue weighted by Gasteiger charge is -2.34. The lowest BCUT2D eigenvalue weighted by atomic mass is 9.75. The van der Waals surface area contributed by atoms with Crippen LogP contribution in [0.1, 0.15) is 50.2 Å². The molecule has 0 amide bonds. The molecule has 0 aromatic heterocycles. The number of hydrogen-bond acceptors (Lipinski definition) is 5. The highest BCUT2D eigenvalue weighted by atomic mass is 16.6. The van der Waals surface area contributed by atoms with E-state index in [1.165, 1.54) is 5.56 Å². The van der Waals surface area contributed by atoms with E-state index in [0.717, 1.165) is 42.0 Å². The number of ketones is 1. The number of benzene rings is 2. The maximum Gasteiger partial charge on any atom is 0.336 e. The standard InChI is InChI=1S/C27H29NO4/c1-3-19-12-14-20(15-13-19)25-24(18(2)28-22-10-7-11-23(29)26(22)25)27(30)32-17-16-31-21-8-5-4-6-9-21/h4-6,8-9,12-15,25,28H,3,7,10-11,16-17H2,1-2H3/t25-/m1/s1. The second kappa shape index (κ2) is 9.86. The average Bonchev–Trinajstić information content (AvgIpc) is 2.82. The quantitative estimate of drug-likeness (QED) is 0.502. The van der Waals surface area contributed by atoms with E-state index < -0.39 is 11.9 Å². The van der Waals surface area contributed by atoms with Crippen LogP contribution in [0.5, 0.6) is 5.75 Å². The van der Waals surface area contributed by atoms with Gasteiger partial charge in [-0.25, -0.2) is 4.79 Å². The maximum absolute atomic E-state index is 13.2. The van der Waals surface area contributed by atoms with Crippen LogP contribution in [0.25, 0.3) is 0 Å². The summed E-state index contributed by atoms with van der Waals surface area (Å²) < 4.78 is 11.2. The number of allylic oxidation sites excluding steroid dienone is 3. The van der Waals surface area contributed by atoms with Crippen molar-refractivity contribution in [2.24, 2.45) is 0 Å². The van der Waals surface area contributed by atoms with E-state index in [4.69, 9.17) is 9.47 Å². The van der Waals surface area contributed by atoms with Crippen molar-refractivity contribution in [1.29, 1.82) is 0 Å². The molecular weight excluding hydrogens is 402 g/mol. The van der Waals surface area contributed by atoms with Gasteiger partial charge in [-0.2, -0.15) is 0 Å². The molecule has 1 atom stereocenters. The number of dihydropyridines is 1. The predicted molar refractivity (Wildman–Crippen MR) is 123 cm³/mol. The minimum absolute atomic E-state index is 0.105. The topological polar surface area (TPSA) is 64.6 Å². The van der Waals surface area contributed by atoms with Crippen molar-refractivity contribution < 1.29 is 19.1 Å². The van der Waals surface area contributed by atoms with E-state index in [1.54, 1.807) is 0 Å². The van der Waals surface area contributed by atoms with Gasteiger partial charge >= 0.3 is 5.97 Å². The lowest BCUT2D eigenvalue weighted by molar-refractivity contribution is -0.140. The van der Waals surface area contributed by atoms with E-state index in [9.17, 15) is 9.59 Å². The first-order valence-electron chi connectivity index (χ1n) is 11.3. The van der Waals surface area contributed by atoms with Gasteiger partial charge in [-0.3, -0.25) is 4.79 Å². The zero-order valence-electron chi connectivity index (χ0n) is 18.6. The number of esters is 1. The van der Waals surface area contributed by atoms with Gasteiger partial charge in [0.05, 0.1) is 5.57 Å². The number of nitrogens with one attached hydrogen (secondary N) is 1. The van der Waals surface area contributed by atoms with Crippen molar-refractivity contribution in [2.75, 3.05) is 13.2 Å². The van der Waals surface area contributed by atoms with Crippen LogP contribution in [0.4, 0.5) is 0 Å². The van der Waals surface area contributed by atoms with E-state index in [1.807, 2.05) is 49.4 Å². The van der Waals surface area contributed by atoms with Crippen molar-refractivity contribution in [3.8, 4) is 5.75 Å². The highest BCUT2D eigenvalue weighted by Crippen LogP contribution is 2.42. The second-order valence-electron chi connectivity index (χ2n) is 8.16. The van der Waals surface area contributed by atoms with Gasteiger partial charge in [-0.1, -0.05) is 49.4 Å². The van der Waals surface area contributed by atoms with Crippen molar-refractivity contribution in [3.05, 3.63) is 88.3 Å². The first-order valence-corrected chi connectivity index (χ1v) is 11.3. The third-order valence-electron chi connectivity index (χ3n) is 6.05. The third-order valence-corrected chi connectivity index (χ3v) is 6.05. The Bertz CT molecular complexity index is 1050. The van der Waals surface area contributed by atoms with Gasteiger partial charge in [0, 0.05) is 29.3 Å². The molecule has 32 heavy (non-hydrogen) atoms. The summed E-state index contributed by atoms with van der Waals surface area (Å²) in [5.41, 5.74) is 5.05. The predicted octanol–water partition coefficient (Wildman–Crippen LogP) is 4.84. The Kier molecular flexibility index (Phi) is 6.74. The van der Waals surface area contributed by atoms with Crippen molar-refractivity contribution in [3.63, 3.8) is 0 Å². The van der Waals surface area contributed by atoms with E-state index in [-0.39, 0.29) is 19.0 Å². The Hall–Kier alpha value is -3.34. The van der Waals surface area contributed by atoms with Crippen LogP contribution in [0.15, 0.2) is 77.1 Å². The summed E-state index contributed by atoms with van der Waals surface area (Å²) in [6, 6.07) is 17.6. The Balaban J connectivity index is 1.56. The number of Topliss-reactive ketones (excluding diaryl/α,β-unsaturated/α-hetero) is 1. The van der Waals surface area contributed by atoms with Crippen LogP contribution in [0.2, 0.25) is 0 Å². The molecule has 0 spiro atoms. The molecule has 0 fully saturated rings. The lowest BCUT2D eigenvalue weighted by Crippen LogP contribution is -2.34. The molecule has 1 N–H and O–H groups in total.